The highest BCUT2D eigenvalue weighted by Gasteiger charge is 2.20. The fourth-order valence-corrected chi connectivity index (χ4v) is 2.72. The van der Waals surface area contributed by atoms with Gasteiger partial charge in [-0.05, 0) is 43.9 Å². The average Bonchev–Trinajstić information content (AvgIpc) is 2.80. The Balaban J connectivity index is 1.94. The van der Waals surface area contributed by atoms with Crippen molar-refractivity contribution >= 4 is 5.91 Å². The van der Waals surface area contributed by atoms with Crippen LogP contribution in [0, 0.1) is 0 Å². The lowest BCUT2D eigenvalue weighted by atomic mass is 9.91. The number of amides is 1. The zero-order chi connectivity index (χ0) is 13.0. The van der Waals surface area contributed by atoms with E-state index >= 15 is 0 Å². The maximum atomic E-state index is 11.2. The quantitative estimate of drug-likeness (QED) is 0.833. The first kappa shape index (κ1) is 13.1. The van der Waals surface area contributed by atoms with Crippen molar-refractivity contribution in [1.82, 2.24) is 15.2 Å². The topological polar surface area (TPSA) is 46.1 Å². The van der Waals surface area contributed by atoms with Crippen LogP contribution < -0.4 is 10.6 Å². The maximum absolute atomic E-state index is 11.2. The predicted molar refractivity (Wildman–Crippen MR) is 72.5 cm³/mol. The van der Waals surface area contributed by atoms with E-state index in [1.807, 2.05) is 7.05 Å². The van der Waals surface area contributed by atoms with Crippen LogP contribution in [-0.2, 0) is 17.8 Å². The normalized spacial score (nSPS) is 18.4. The van der Waals surface area contributed by atoms with Gasteiger partial charge in [-0.3, -0.25) is 4.79 Å². The summed E-state index contributed by atoms with van der Waals surface area (Å²) in [7, 11) is 3.72. The monoisotopic (exact) mass is 249 g/mol. The van der Waals surface area contributed by atoms with Gasteiger partial charge >= 0.3 is 0 Å². The van der Waals surface area contributed by atoms with E-state index in [0.717, 1.165) is 13.0 Å². The second kappa shape index (κ2) is 6.05. The first-order valence-corrected chi connectivity index (χ1v) is 6.81. The maximum Gasteiger partial charge on any atom is 0.219 e. The van der Waals surface area contributed by atoms with Crippen molar-refractivity contribution in [3.8, 4) is 0 Å². The van der Waals surface area contributed by atoms with Gasteiger partial charge in [-0.25, -0.2) is 0 Å². The van der Waals surface area contributed by atoms with Crippen molar-refractivity contribution in [3.05, 3.63) is 23.5 Å². The van der Waals surface area contributed by atoms with Gasteiger partial charge in [0.15, 0.2) is 0 Å². The van der Waals surface area contributed by atoms with Crippen LogP contribution in [0.15, 0.2) is 12.4 Å². The molecular weight excluding hydrogens is 226 g/mol. The van der Waals surface area contributed by atoms with Crippen LogP contribution in [0.2, 0.25) is 0 Å². The van der Waals surface area contributed by atoms with E-state index in [2.05, 4.69) is 27.6 Å². The van der Waals surface area contributed by atoms with Gasteiger partial charge in [0.2, 0.25) is 5.91 Å². The fourth-order valence-electron chi connectivity index (χ4n) is 2.72. The Bertz CT molecular complexity index is 411. The number of carbonyl (C=O) groups is 1. The molecule has 0 saturated carbocycles. The summed E-state index contributed by atoms with van der Waals surface area (Å²) >= 11 is 0. The van der Waals surface area contributed by atoms with Crippen LogP contribution in [0.4, 0.5) is 0 Å². The third kappa shape index (κ3) is 2.93. The Labute approximate surface area is 109 Å². The second-order valence-corrected chi connectivity index (χ2v) is 4.99. The molecule has 2 N–H and O–H groups in total. The number of aryl methyl sites for hydroxylation is 2. The molecule has 0 saturated heterocycles. The van der Waals surface area contributed by atoms with E-state index in [0.29, 0.717) is 12.5 Å². The van der Waals surface area contributed by atoms with Crippen molar-refractivity contribution in [1.29, 1.82) is 0 Å². The molecular formula is C14H23N3O. The van der Waals surface area contributed by atoms with Crippen molar-refractivity contribution in [3.63, 3.8) is 0 Å². The Kier molecular flexibility index (Phi) is 4.42. The largest absolute Gasteiger partial charge is 0.359 e. The van der Waals surface area contributed by atoms with Crippen molar-refractivity contribution < 1.29 is 4.79 Å². The van der Waals surface area contributed by atoms with Gasteiger partial charge in [0, 0.05) is 38.4 Å². The average molecular weight is 249 g/mol. The lowest BCUT2D eigenvalue weighted by Gasteiger charge is -2.21. The van der Waals surface area contributed by atoms with E-state index < -0.39 is 0 Å². The Morgan fingerprint density at radius 3 is 3.00 bits per heavy atom. The van der Waals surface area contributed by atoms with Gasteiger partial charge in [-0.2, -0.15) is 0 Å². The summed E-state index contributed by atoms with van der Waals surface area (Å²) in [5.74, 6) is 0.125. The third-order valence-corrected chi connectivity index (χ3v) is 3.76. The number of nitrogens with one attached hydrogen (secondary N) is 2. The van der Waals surface area contributed by atoms with Crippen LogP contribution in [0.25, 0.3) is 0 Å². The summed E-state index contributed by atoms with van der Waals surface area (Å²) in [6.45, 7) is 0.927. The number of fused-ring (bicyclic) bond motifs is 1. The minimum atomic E-state index is 0.125. The van der Waals surface area contributed by atoms with Crippen LogP contribution in [0.1, 0.15) is 42.9 Å². The molecule has 0 aliphatic heterocycles. The van der Waals surface area contributed by atoms with Crippen molar-refractivity contribution in [2.24, 2.45) is 0 Å². The first-order chi connectivity index (χ1) is 8.74. The van der Waals surface area contributed by atoms with Crippen LogP contribution in [0.3, 0.4) is 0 Å². The zero-order valence-electron chi connectivity index (χ0n) is 11.3. The molecule has 1 unspecified atom stereocenters. The van der Waals surface area contributed by atoms with Gasteiger partial charge in [0.1, 0.15) is 0 Å². The minimum absolute atomic E-state index is 0.125. The highest BCUT2D eigenvalue weighted by Crippen LogP contribution is 2.30. The highest BCUT2D eigenvalue weighted by atomic mass is 16.1. The summed E-state index contributed by atoms with van der Waals surface area (Å²) in [4.78, 5) is 11.2. The fraction of sp³-hybridized carbons (Fsp3) is 0.643. The Hall–Kier alpha value is -1.29. The van der Waals surface area contributed by atoms with E-state index in [1.54, 1.807) is 7.05 Å². The number of nitrogens with zero attached hydrogens (tertiary/aromatic N) is 1. The molecule has 1 atom stereocenters. The molecule has 18 heavy (non-hydrogen) atoms. The summed E-state index contributed by atoms with van der Waals surface area (Å²) in [6.07, 6.45) is 9.69. The van der Waals surface area contributed by atoms with Gasteiger partial charge < -0.3 is 15.2 Å². The number of hydrogen-bond donors (Lipinski definition) is 2. The predicted octanol–water partition coefficient (Wildman–Crippen LogP) is 1.61. The van der Waals surface area contributed by atoms with E-state index in [4.69, 9.17) is 0 Å². The molecule has 2 rings (SSSR count). The molecule has 4 heteroatoms. The molecule has 0 radical (unpaired) electrons. The zero-order valence-corrected chi connectivity index (χ0v) is 11.3. The molecule has 1 aliphatic rings. The minimum Gasteiger partial charge on any atom is -0.359 e. The molecule has 1 aliphatic carbocycles. The van der Waals surface area contributed by atoms with Crippen molar-refractivity contribution in [2.75, 3.05) is 14.1 Å². The lowest BCUT2D eigenvalue weighted by molar-refractivity contribution is -0.120. The summed E-state index contributed by atoms with van der Waals surface area (Å²) < 4.78 is 2.24. The molecule has 1 aromatic rings. The Morgan fingerprint density at radius 1 is 1.44 bits per heavy atom. The summed E-state index contributed by atoms with van der Waals surface area (Å²) in [6, 6.07) is 0.508. The van der Waals surface area contributed by atoms with Gasteiger partial charge in [-0.15, -0.1) is 0 Å². The molecule has 1 amide bonds. The first-order valence-electron chi connectivity index (χ1n) is 6.81. The van der Waals surface area contributed by atoms with E-state index in [-0.39, 0.29) is 5.91 Å². The SMILES string of the molecule is CNC(=O)CCCn1cc2c(c1)C(NC)CCC2. The van der Waals surface area contributed by atoms with Gasteiger partial charge in [0.25, 0.3) is 0 Å². The molecule has 4 nitrogen and oxygen atoms in total. The van der Waals surface area contributed by atoms with Crippen molar-refractivity contribution in [2.45, 2.75) is 44.7 Å². The smallest absolute Gasteiger partial charge is 0.219 e. The summed E-state index contributed by atoms with van der Waals surface area (Å²) in [5.41, 5.74) is 2.92. The number of aromatic nitrogens is 1. The van der Waals surface area contributed by atoms with Crippen LogP contribution in [-0.4, -0.2) is 24.6 Å². The molecule has 0 bridgehead atoms. The molecule has 100 valence electrons. The number of hydrogen-bond acceptors (Lipinski definition) is 2. The standard InChI is InChI=1S/C14H23N3O/c1-15-13-6-3-5-11-9-17(10-12(11)13)8-4-7-14(18)16-2/h9-10,13,15H,3-8H2,1-2H3,(H,16,18). The van der Waals surface area contributed by atoms with E-state index in [9.17, 15) is 4.79 Å². The number of carbonyl (C=O) groups excluding carboxylic acids is 1. The molecule has 0 fully saturated rings. The lowest BCUT2D eigenvalue weighted by Crippen LogP contribution is -2.20. The second-order valence-electron chi connectivity index (χ2n) is 4.99. The molecule has 0 spiro atoms. The van der Waals surface area contributed by atoms with Gasteiger partial charge in [0.05, 0.1) is 0 Å². The number of rotatable bonds is 5. The molecule has 1 heterocycles. The van der Waals surface area contributed by atoms with Crippen LogP contribution in [0.5, 0.6) is 0 Å². The van der Waals surface area contributed by atoms with Crippen LogP contribution >= 0.6 is 0 Å². The third-order valence-electron chi connectivity index (χ3n) is 3.76. The van der Waals surface area contributed by atoms with E-state index in [1.165, 1.54) is 30.4 Å². The highest BCUT2D eigenvalue weighted by molar-refractivity contribution is 5.75. The molecule has 0 aromatic carbocycles. The Morgan fingerprint density at radius 2 is 2.28 bits per heavy atom. The van der Waals surface area contributed by atoms with Gasteiger partial charge in [-0.1, -0.05) is 0 Å². The molecule has 1 aromatic heterocycles. The summed E-state index contributed by atoms with van der Waals surface area (Å²) in [5, 5.41) is 6.04.